The molecule has 0 saturated carbocycles. The van der Waals surface area contributed by atoms with Crippen LogP contribution in [0, 0.1) is 5.92 Å². The van der Waals surface area contributed by atoms with E-state index in [1.165, 1.54) is 21.3 Å². The molecule has 0 aliphatic rings. The number of nitrogens with one attached hydrogen (secondary N) is 1. The molecule has 1 heterocycles. The second kappa shape index (κ2) is 7.39. The maximum atomic E-state index is 3.69. The summed E-state index contributed by atoms with van der Waals surface area (Å²) in [6, 6.07) is 13.4. The van der Waals surface area contributed by atoms with Gasteiger partial charge in [-0.15, -0.1) is 11.3 Å². The van der Waals surface area contributed by atoms with Gasteiger partial charge in [0.25, 0.3) is 0 Å². The van der Waals surface area contributed by atoms with Crippen LogP contribution in [0.15, 0.2) is 46.3 Å². The number of halogens is 1. The molecule has 1 N–H and O–H groups in total. The molecule has 0 spiro atoms. The largest absolute Gasteiger partial charge is 0.312 e. The van der Waals surface area contributed by atoms with E-state index in [0.717, 1.165) is 0 Å². The molecule has 3 atom stereocenters. The minimum absolute atomic E-state index is 0.349. The maximum absolute atomic E-state index is 3.69. The summed E-state index contributed by atoms with van der Waals surface area (Å²) in [5.41, 5.74) is 1.42. The Balaban J connectivity index is 2.42. The lowest BCUT2D eigenvalue weighted by Crippen LogP contribution is -2.27. The molecule has 0 bridgehead atoms. The summed E-state index contributed by atoms with van der Waals surface area (Å²) in [7, 11) is 2.06. The van der Waals surface area contributed by atoms with Gasteiger partial charge in [-0.2, -0.15) is 0 Å². The number of thiophene rings is 1. The molecule has 1 aromatic carbocycles. The van der Waals surface area contributed by atoms with E-state index in [4.69, 9.17) is 0 Å². The molecule has 0 radical (unpaired) electrons. The van der Waals surface area contributed by atoms with Crippen molar-refractivity contribution < 1.29 is 0 Å². The molecule has 3 heteroatoms. The first kappa shape index (κ1) is 15.7. The summed E-state index contributed by atoms with van der Waals surface area (Å²) in [4.78, 5) is 1.39. The van der Waals surface area contributed by atoms with E-state index in [-0.39, 0.29) is 0 Å². The highest BCUT2D eigenvalue weighted by atomic mass is 79.9. The fourth-order valence-corrected chi connectivity index (χ4v) is 4.56. The van der Waals surface area contributed by atoms with Gasteiger partial charge in [-0.3, -0.25) is 0 Å². The van der Waals surface area contributed by atoms with E-state index in [1.807, 2.05) is 11.3 Å². The van der Waals surface area contributed by atoms with Crippen molar-refractivity contribution in [2.45, 2.75) is 32.2 Å². The van der Waals surface area contributed by atoms with E-state index in [2.05, 4.69) is 83.9 Å². The van der Waals surface area contributed by atoms with Crippen molar-refractivity contribution in [2.24, 2.45) is 5.92 Å². The molecule has 2 rings (SSSR count). The lowest BCUT2D eigenvalue weighted by molar-refractivity contribution is 0.357. The molecular formula is C17H22BrNS. The van der Waals surface area contributed by atoms with Gasteiger partial charge in [0.1, 0.15) is 0 Å². The first-order chi connectivity index (χ1) is 9.69. The Morgan fingerprint density at radius 1 is 1.20 bits per heavy atom. The molecule has 0 aliphatic heterocycles. The number of rotatable bonds is 6. The van der Waals surface area contributed by atoms with Crippen LogP contribution in [0.25, 0.3) is 0 Å². The van der Waals surface area contributed by atoms with Crippen molar-refractivity contribution in [1.82, 2.24) is 5.32 Å². The van der Waals surface area contributed by atoms with Crippen molar-refractivity contribution >= 4 is 27.3 Å². The standard InChI is InChI=1S/C17H22BrNS/c1-4-12(2)15(13-8-6-5-7-9-13)16(19-3)17-14(18)10-11-20-17/h5-12,15-16,19H,4H2,1-3H3. The van der Waals surface area contributed by atoms with Crippen molar-refractivity contribution in [3.63, 3.8) is 0 Å². The van der Waals surface area contributed by atoms with Crippen LogP contribution in [0.3, 0.4) is 0 Å². The van der Waals surface area contributed by atoms with Crippen LogP contribution in [-0.2, 0) is 0 Å². The minimum Gasteiger partial charge on any atom is -0.312 e. The molecule has 1 aromatic heterocycles. The summed E-state index contributed by atoms with van der Waals surface area (Å²) in [5.74, 6) is 1.12. The third kappa shape index (κ3) is 3.33. The highest BCUT2D eigenvalue weighted by molar-refractivity contribution is 9.10. The van der Waals surface area contributed by atoms with Crippen LogP contribution in [0.2, 0.25) is 0 Å². The van der Waals surface area contributed by atoms with Crippen LogP contribution in [0.4, 0.5) is 0 Å². The van der Waals surface area contributed by atoms with Gasteiger partial charge in [-0.1, -0.05) is 50.6 Å². The van der Waals surface area contributed by atoms with Gasteiger partial charge in [-0.25, -0.2) is 0 Å². The Morgan fingerprint density at radius 2 is 1.90 bits per heavy atom. The van der Waals surface area contributed by atoms with E-state index in [1.54, 1.807) is 0 Å². The Kier molecular flexibility index (Phi) is 5.82. The molecular weight excluding hydrogens is 330 g/mol. The zero-order valence-corrected chi connectivity index (χ0v) is 14.7. The minimum atomic E-state index is 0.349. The van der Waals surface area contributed by atoms with E-state index in [0.29, 0.717) is 17.9 Å². The van der Waals surface area contributed by atoms with Gasteiger partial charge >= 0.3 is 0 Å². The predicted octanol–water partition coefficient (Wildman–Crippen LogP) is 5.60. The highest BCUT2D eigenvalue weighted by Crippen LogP contribution is 2.42. The van der Waals surface area contributed by atoms with E-state index >= 15 is 0 Å². The molecule has 0 amide bonds. The van der Waals surface area contributed by atoms with Gasteiger partial charge < -0.3 is 5.32 Å². The van der Waals surface area contributed by atoms with E-state index in [9.17, 15) is 0 Å². The Bertz CT molecular complexity index is 523. The Hall–Kier alpha value is -0.640. The average molecular weight is 352 g/mol. The van der Waals surface area contributed by atoms with Crippen molar-refractivity contribution in [2.75, 3.05) is 7.05 Å². The molecule has 108 valence electrons. The van der Waals surface area contributed by atoms with Crippen molar-refractivity contribution in [3.05, 3.63) is 56.7 Å². The Morgan fingerprint density at radius 3 is 2.40 bits per heavy atom. The third-order valence-electron chi connectivity index (χ3n) is 4.04. The van der Waals surface area contributed by atoms with Crippen LogP contribution in [0.5, 0.6) is 0 Å². The SMILES string of the molecule is CCC(C)C(c1ccccc1)C(NC)c1sccc1Br. The topological polar surface area (TPSA) is 12.0 Å². The molecule has 1 nitrogen and oxygen atoms in total. The molecule has 3 unspecified atom stereocenters. The summed E-state index contributed by atoms with van der Waals surface area (Å²) >= 11 is 5.51. The lowest BCUT2D eigenvalue weighted by Gasteiger charge is -2.31. The zero-order valence-electron chi connectivity index (χ0n) is 12.3. The van der Waals surface area contributed by atoms with Gasteiger partial charge in [0, 0.05) is 21.3 Å². The summed E-state index contributed by atoms with van der Waals surface area (Å²) in [6.07, 6.45) is 1.18. The quantitative estimate of drug-likeness (QED) is 0.713. The summed E-state index contributed by atoms with van der Waals surface area (Å²) in [5, 5.41) is 5.69. The fraction of sp³-hybridized carbons (Fsp3) is 0.412. The fourth-order valence-electron chi connectivity index (χ4n) is 2.78. The molecule has 20 heavy (non-hydrogen) atoms. The Labute approximate surface area is 134 Å². The average Bonchev–Trinajstić information content (AvgIpc) is 2.90. The van der Waals surface area contributed by atoms with Crippen molar-refractivity contribution in [1.29, 1.82) is 0 Å². The summed E-state index contributed by atoms with van der Waals surface area (Å²) in [6.45, 7) is 4.63. The predicted molar refractivity (Wildman–Crippen MR) is 92.5 cm³/mol. The second-order valence-corrected chi connectivity index (χ2v) is 7.02. The van der Waals surface area contributed by atoms with Gasteiger partial charge in [-0.05, 0) is 45.9 Å². The number of benzene rings is 1. The van der Waals surface area contributed by atoms with Gasteiger partial charge in [0.15, 0.2) is 0 Å². The highest BCUT2D eigenvalue weighted by Gasteiger charge is 2.29. The van der Waals surface area contributed by atoms with E-state index < -0.39 is 0 Å². The monoisotopic (exact) mass is 351 g/mol. The number of hydrogen-bond donors (Lipinski definition) is 1. The molecule has 0 saturated heterocycles. The van der Waals surface area contributed by atoms with Crippen LogP contribution in [-0.4, -0.2) is 7.05 Å². The van der Waals surface area contributed by atoms with Gasteiger partial charge in [0.05, 0.1) is 0 Å². The zero-order chi connectivity index (χ0) is 14.5. The van der Waals surface area contributed by atoms with Crippen molar-refractivity contribution in [3.8, 4) is 0 Å². The van der Waals surface area contributed by atoms with Gasteiger partial charge in [0.2, 0.25) is 0 Å². The maximum Gasteiger partial charge on any atom is 0.0495 e. The van der Waals surface area contributed by atoms with Crippen LogP contribution in [0.1, 0.15) is 42.7 Å². The molecule has 2 aromatic rings. The number of likely N-dealkylation sites (N-methyl/N-ethyl adjacent to an activating group) is 1. The molecule has 0 fully saturated rings. The smallest absolute Gasteiger partial charge is 0.0495 e. The number of hydrogen-bond acceptors (Lipinski definition) is 2. The summed E-state index contributed by atoms with van der Waals surface area (Å²) < 4.78 is 1.21. The molecule has 0 aliphatic carbocycles. The first-order valence-corrected chi connectivity index (χ1v) is 8.81. The first-order valence-electron chi connectivity index (χ1n) is 7.14. The third-order valence-corrected chi connectivity index (χ3v) is 5.99. The van der Waals surface area contributed by atoms with Crippen LogP contribution >= 0.6 is 27.3 Å². The van der Waals surface area contributed by atoms with Crippen LogP contribution < -0.4 is 5.32 Å². The lowest BCUT2D eigenvalue weighted by atomic mass is 9.79. The normalized spacial score (nSPS) is 15.8. The second-order valence-electron chi connectivity index (χ2n) is 5.22.